The number of amides is 1. The molecule has 136 valence electrons. The van der Waals surface area contributed by atoms with E-state index in [2.05, 4.69) is 5.32 Å². The molecule has 0 aliphatic carbocycles. The van der Waals surface area contributed by atoms with Gasteiger partial charge in [-0.3, -0.25) is 0 Å². The van der Waals surface area contributed by atoms with E-state index in [-0.39, 0.29) is 12.6 Å². The maximum Gasteiger partial charge on any atom is 0.407 e. The topological polar surface area (TPSA) is 64.6 Å². The highest BCUT2D eigenvalue weighted by Crippen LogP contribution is 2.08. The van der Waals surface area contributed by atoms with Gasteiger partial charge < -0.3 is 14.8 Å². The molecule has 0 atom stereocenters. The molecule has 0 radical (unpaired) electrons. The van der Waals surface area contributed by atoms with Crippen LogP contribution in [0.5, 0.6) is 0 Å². The van der Waals surface area contributed by atoms with Crippen LogP contribution in [0.15, 0.2) is 60.7 Å². The second-order valence-electron chi connectivity index (χ2n) is 5.52. The van der Waals surface area contributed by atoms with E-state index in [0.29, 0.717) is 25.1 Å². The van der Waals surface area contributed by atoms with Crippen molar-refractivity contribution in [2.75, 3.05) is 13.2 Å². The lowest BCUT2D eigenvalue weighted by Gasteiger charge is -2.06. The van der Waals surface area contributed by atoms with Gasteiger partial charge in [0.2, 0.25) is 0 Å². The summed E-state index contributed by atoms with van der Waals surface area (Å²) in [5, 5.41) is 2.70. The first kappa shape index (κ1) is 19.2. The molecule has 2 aromatic carbocycles. The number of hydrogen-bond donors (Lipinski definition) is 1. The molecule has 26 heavy (non-hydrogen) atoms. The number of carbonyl (C=O) groups is 2. The number of hydrogen-bond acceptors (Lipinski definition) is 4. The van der Waals surface area contributed by atoms with Crippen molar-refractivity contribution in [3.05, 3.63) is 77.4 Å². The van der Waals surface area contributed by atoms with E-state index in [1.165, 1.54) is 0 Å². The quantitative estimate of drug-likeness (QED) is 0.571. The van der Waals surface area contributed by atoms with Crippen LogP contribution >= 0.6 is 0 Å². The van der Waals surface area contributed by atoms with Crippen LogP contribution in [-0.4, -0.2) is 25.2 Å². The fourth-order valence-corrected chi connectivity index (χ4v) is 2.20. The molecule has 5 heteroatoms. The summed E-state index contributed by atoms with van der Waals surface area (Å²) >= 11 is 0. The van der Waals surface area contributed by atoms with Crippen LogP contribution in [-0.2, 0) is 16.1 Å². The minimum absolute atomic E-state index is 0.259. The Morgan fingerprint density at radius 3 is 2.42 bits per heavy atom. The van der Waals surface area contributed by atoms with Gasteiger partial charge >= 0.3 is 12.1 Å². The fraction of sp³-hybridized carbons (Fsp3) is 0.238. The summed E-state index contributed by atoms with van der Waals surface area (Å²) in [5.74, 6) is -0.318. The summed E-state index contributed by atoms with van der Waals surface area (Å²) in [6, 6.07) is 16.7. The van der Waals surface area contributed by atoms with Gasteiger partial charge in [0.1, 0.15) is 6.61 Å². The number of rotatable bonds is 8. The van der Waals surface area contributed by atoms with E-state index in [4.69, 9.17) is 9.47 Å². The molecule has 2 aromatic rings. The van der Waals surface area contributed by atoms with Crippen molar-refractivity contribution in [2.24, 2.45) is 0 Å². The number of ether oxygens (including phenoxy) is 2. The van der Waals surface area contributed by atoms with Gasteiger partial charge in [-0.05, 0) is 36.6 Å². The Balaban J connectivity index is 1.65. The van der Waals surface area contributed by atoms with E-state index in [0.717, 1.165) is 11.1 Å². The van der Waals surface area contributed by atoms with Crippen molar-refractivity contribution in [1.29, 1.82) is 0 Å². The van der Waals surface area contributed by atoms with E-state index < -0.39 is 6.09 Å². The molecule has 0 bridgehead atoms. The highest BCUT2D eigenvalue weighted by molar-refractivity contribution is 5.89. The first-order chi connectivity index (χ1) is 12.7. The van der Waals surface area contributed by atoms with Crippen molar-refractivity contribution in [3.8, 4) is 0 Å². The normalized spacial score (nSPS) is 10.5. The number of esters is 1. The molecule has 0 heterocycles. The Labute approximate surface area is 153 Å². The van der Waals surface area contributed by atoms with Gasteiger partial charge in [-0.15, -0.1) is 0 Å². The molecule has 1 N–H and O–H groups in total. The molecular formula is C21H23NO4. The maximum atomic E-state index is 11.6. The summed E-state index contributed by atoms with van der Waals surface area (Å²) < 4.78 is 10.1. The summed E-state index contributed by atoms with van der Waals surface area (Å²) in [5.41, 5.74) is 2.46. The standard InChI is InChI=1S/C21H23NO4/c1-2-25-20(23)19-13-11-17(12-14-19)8-6-7-15-22-21(24)26-16-18-9-4-3-5-10-18/h3-6,8-14H,2,7,15-16H2,1H3,(H,22,24). The first-order valence-corrected chi connectivity index (χ1v) is 8.57. The van der Waals surface area contributed by atoms with E-state index in [1.807, 2.05) is 54.6 Å². The lowest BCUT2D eigenvalue weighted by atomic mass is 10.1. The van der Waals surface area contributed by atoms with E-state index in [9.17, 15) is 9.59 Å². The third-order valence-corrected chi connectivity index (χ3v) is 3.53. The Hall–Kier alpha value is -3.08. The molecule has 0 aliphatic heterocycles. The van der Waals surface area contributed by atoms with Crippen molar-refractivity contribution in [3.63, 3.8) is 0 Å². The molecular weight excluding hydrogens is 330 g/mol. The second kappa shape index (κ2) is 10.7. The summed E-state index contributed by atoms with van der Waals surface area (Å²) in [4.78, 5) is 23.2. The van der Waals surface area contributed by atoms with Crippen LogP contribution in [0.25, 0.3) is 6.08 Å². The zero-order valence-corrected chi connectivity index (χ0v) is 14.8. The second-order valence-corrected chi connectivity index (χ2v) is 5.52. The van der Waals surface area contributed by atoms with E-state index >= 15 is 0 Å². The summed E-state index contributed by atoms with van der Waals surface area (Å²) in [7, 11) is 0. The van der Waals surface area contributed by atoms with Crippen molar-refractivity contribution in [2.45, 2.75) is 20.0 Å². The predicted molar refractivity (Wildman–Crippen MR) is 101 cm³/mol. The molecule has 0 unspecified atom stereocenters. The summed E-state index contributed by atoms with van der Waals surface area (Å²) in [6.45, 7) is 2.89. The Kier molecular flexibility index (Phi) is 7.93. The van der Waals surface area contributed by atoms with Crippen LogP contribution in [0, 0.1) is 0 Å². The van der Waals surface area contributed by atoms with Crippen molar-refractivity contribution in [1.82, 2.24) is 5.32 Å². The largest absolute Gasteiger partial charge is 0.462 e. The van der Waals surface area contributed by atoms with Gasteiger partial charge in [0, 0.05) is 6.54 Å². The van der Waals surface area contributed by atoms with Crippen LogP contribution in [0.3, 0.4) is 0 Å². The monoisotopic (exact) mass is 353 g/mol. The molecule has 0 spiro atoms. The van der Waals surface area contributed by atoms with E-state index in [1.54, 1.807) is 19.1 Å². The summed E-state index contributed by atoms with van der Waals surface area (Å²) in [6.07, 6.45) is 4.14. The molecule has 0 fully saturated rings. The fourth-order valence-electron chi connectivity index (χ4n) is 2.20. The highest BCUT2D eigenvalue weighted by atomic mass is 16.5. The molecule has 1 amide bonds. The van der Waals surface area contributed by atoms with Gasteiger partial charge in [-0.2, -0.15) is 0 Å². The van der Waals surface area contributed by atoms with Crippen molar-refractivity contribution < 1.29 is 19.1 Å². The lowest BCUT2D eigenvalue weighted by Crippen LogP contribution is -2.24. The lowest BCUT2D eigenvalue weighted by molar-refractivity contribution is 0.0526. The highest BCUT2D eigenvalue weighted by Gasteiger charge is 2.04. The zero-order chi connectivity index (χ0) is 18.6. The molecule has 5 nitrogen and oxygen atoms in total. The van der Waals surface area contributed by atoms with Gasteiger partial charge in [0.15, 0.2) is 0 Å². The van der Waals surface area contributed by atoms with Gasteiger partial charge in [-0.1, -0.05) is 54.6 Å². The molecule has 0 aromatic heterocycles. The SMILES string of the molecule is CCOC(=O)c1ccc(C=CCCNC(=O)OCc2ccccc2)cc1. The number of benzene rings is 2. The third kappa shape index (κ3) is 6.81. The average Bonchev–Trinajstić information content (AvgIpc) is 2.67. The number of carbonyl (C=O) groups excluding carboxylic acids is 2. The van der Waals surface area contributed by atoms with Gasteiger partial charge in [0.25, 0.3) is 0 Å². The maximum absolute atomic E-state index is 11.6. The minimum Gasteiger partial charge on any atom is -0.462 e. The predicted octanol–water partition coefficient (Wildman–Crippen LogP) is 4.19. The van der Waals surface area contributed by atoms with Gasteiger partial charge in [-0.25, -0.2) is 9.59 Å². The molecule has 0 saturated carbocycles. The Morgan fingerprint density at radius 2 is 1.73 bits per heavy atom. The third-order valence-electron chi connectivity index (χ3n) is 3.53. The Morgan fingerprint density at radius 1 is 1.00 bits per heavy atom. The van der Waals surface area contributed by atoms with Crippen LogP contribution in [0.2, 0.25) is 0 Å². The number of alkyl carbamates (subject to hydrolysis) is 1. The molecule has 2 rings (SSSR count). The first-order valence-electron chi connectivity index (χ1n) is 8.57. The molecule has 0 saturated heterocycles. The van der Waals surface area contributed by atoms with Crippen molar-refractivity contribution >= 4 is 18.1 Å². The van der Waals surface area contributed by atoms with Crippen LogP contribution < -0.4 is 5.32 Å². The minimum atomic E-state index is -0.430. The average molecular weight is 353 g/mol. The number of nitrogens with one attached hydrogen (secondary N) is 1. The van der Waals surface area contributed by atoms with Crippen LogP contribution in [0.4, 0.5) is 4.79 Å². The van der Waals surface area contributed by atoms with Gasteiger partial charge in [0.05, 0.1) is 12.2 Å². The zero-order valence-electron chi connectivity index (χ0n) is 14.8. The van der Waals surface area contributed by atoms with Crippen LogP contribution in [0.1, 0.15) is 34.8 Å². The Bertz CT molecular complexity index is 723. The smallest absolute Gasteiger partial charge is 0.407 e. The molecule has 0 aliphatic rings.